The fourth-order valence-electron chi connectivity index (χ4n) is 2.97. The summed E-state index contributed by atoms with van der Waals surface area (Å²) in [5.41, 5.74) is 0. The quantitative estimate of drug-likeness (QED) is 0.802. The Morgan fingerprint density at radius 1 is 1.48 bits per heavy atom. The van der Waals surface area contributed by atoms with E-state index in [1.54, 1.807) is 6.07 Å². The molecule has 3 unspecified atom stereocenters. The van der Waals surface area contributed by atoms with Gasteiger partial charge in [-0.15, -0.1) is 0 Å². The number of ether oxygens (including phenoxy) is 1. The molecule has 1 aromatic rings. The van der Waals surface area contributed by atoms with Crippen molar-refractivity contribution < 1.29 is 9.53 Å². The summed E-state index contributed by atoms with van der Waals surface area (Å²) in [6.45, 7) is 6.75. The van der Waals surface area contributed by atoms with Crippen molar-refractivity contribution in [1.29, 1.82) is 0 Å². The normalized spacial score (nSPS) is 20.6. The van der Waals surface area contributed by atoms with Crippen LogP contribution in [0.5, 0.6) is 5.75 Å². The lowest BCUT2D eigenvalue weighted by molar-refractivity contribution is -0.122. The molecule has 1 amide bonds. The van der Waals surface area contributed by atoms with Crippen LogP contribution in [0.3, 0.4) is 0 Å². The zero-order valence-corrected chi connectivity index (χ0v) is 14.7. The van der Waals surface area contributed by atoms with Crippen LogP contribution in [0.25, 0.3) is 0 Å². The van der Waals surface area contributed by atoms with E-state index in [1.807, 2.05) is 25.1 Å². The third kappa shape index (κ3) is 6.40. The predicted molar refractivity (Wildman–Crippen MR) is 93.9 cm³/mol. The van der Waals surface area contributed by atoms with E-state index in [4.69, 9.17) is 16.3 Å². The zero-order chi connectivity index (χ0) is 16.7. The Morgan fingerprint density at radius 2 is 2.30 bits per heavy atom. The van der Waals surface area contributed by atoms with Crippen LogP contribution in [-0.2, 0) is 4.79 Å². The molecule has 2 N–H and O–H groups in total. The van der Waals surface area contributed by atoms with E-state index >= 15 is 0 Å². The van der Waals surface area contributed by atoms with Crippen molar-refractivity contribution in [3.05, 3.63) is 29.3 Å². The molecule has 0 saturated carbocycles. The minimum atomic E-state index is -0.0935. The van der Waals surface area contributed by atoms with Gasteiger partial charge in [-0.3, -0.25) is 4.79 Å². The van der Waals surface area contributed by atoms with Crippen LogP contribution in [0.4, 0.5) is 0 Å². The lowest BCUT2D eigenvalue weighted by Crippen LogP contribution is -2.37. The molecule has 0 aromatic heterocycles. The number of amides is 1. The number of hydrogen-bond donors (Lipinski definition) is 2. The molecule has 1 fully saturated rings. The van der Waals surface area contributed by atoms with E-state index in [-0.39, 0.29) is 12.0 Å². The second-order valence-corrected chi connectivity index (χ2v) is 6.91. The molecule has 0 radical (unpaired) electrons. The molecule has 1 heterocycles. The molecule has 23 heavy (non-hydrogen) atoms. The number of nitrogens with one attached hydrogen (secondary N) is 2. The maximum absolute atomic E-state index is 12.1. The molecule has 2 rings (SSSR count). The first-order valence-electron chi connectivity index (χ1n) is 8.44. The molecule has 4 nitrogen and oxygen atoms in total. The SMILES string of the molecule is CC(CNC(=O)CC(C)C1CCCNC1)Oc1cccc(Cl)c1. The number of carbonyl (C=O) groups excluding carboxylic acids is 1. The largest absolute Gasteiger partial charge is 0.489 e. The minimum absolute atomic E-state index is 0.0935. The van der Waals surface area contributed by atoms with Gasteiger partial charge in [-0.25, -0.2) is 0 Å². The van der Waals surface area contributed by atoms with Crippen LogP contribution in [0, 0.1) is 11.8 Å². The highest BCUT2D eigenvalue weighted by atomic mass is 35.5. The summed E-state index contributed by atoms with van der Waals surface area (Å²) in [6.07, 6.45) is 2.91. The maximum atomic E-state index is 12.1. The fourth-order valence-corrected chi connectivity index (χ4v) is 3.15. The average molecular weight is 339 g/mol. The van der Waals surface area contributed by atoms with Crippen LogP contribution in [0.2, 0.25) is 5.02 Å². The van der Waals surface area contributed by atoms with Gasteiger partial charge in [0.2, 0.25) is 5.91 Å². The molecule has 128 valence electrons. The molecule has 1 saturated heterocycles. The third-order valence-corrected chi connectivity index (χ3v) is 4.60. The van der Waals surface area contributed by atoms with E-state index < -0.39 is 0 Å². The van der Waals surface area contributed by atoms with Gasteiger partial charge in [0.15, 0.2) is 0 Å². The highest BCUT2D eigenvalue weighted by Crippen LogP contribution is 2.22. The second kappa shape index (κ2) is 9.14. The van der Waals surface area contributed by atoms with Crippen molar-refractivity contribution in [3.8, 4) is 5.75 Å². The lowest BCUT2D eigenvalue weighted by atomic mass is 9.85. The van der Waals surface area contributed by atoms with Gasteiger partial charge in [0.05, 0.1) is 6.54 Å². The van der Waals surface area contributed by atoms with E-state index in [0.29, 0.717) is 29.8 Å². The lowest BCUT2D eigenvalue weighted by Gasteiger charge is -2.28. The molecule has 5 heteroatoms. The molecule has 3 atom stereocenters. The van der Waals surface area contributed by atoms with Gasteiger partial charge in [0.1, 0.15) is 11.9 Å². The summed E-state index contributed by atoms with van der Waals surface area (Å²) < 4.78 is 5.76. The summed E-state index contributed by atoms with van der Waals surface area (Å²) in [5.74, 6) is 1.84. The van der Waals surface area contributed by atoms with Crippen molar-refractivity contribution >= 4 is 17.5 Å². The summed E-state index contributed by atoms with van der Waals surface area (Å²) >= 11 is 5.93. The molecular weight excluding hydrogens is 312 g/mol. The number of rotatable bonds is 7. The highest BCUT2D eigenvalue weighted by molar-refractivity contribution is 6.30. The van der Waals surface area contributed by atoms with Crippen LogP contribution in [0.15, 0.2) is 24.3 Å². The predicted octanol–water partition coefficient (Wildman–Crippen LogP) is 3.25. The van der Waals surface area contributed by atoms with Crippen molar-refractivity contribution in [2.75, 3.05) is 19.6 Å². The van der Waals surface area contributed by atoms with Crippen LogP contribution < -0.4 is 15.4 Å². The van der Waals surface area contributed by atoms with Gasteiger partial charge in [0, 0.05) is 11.4 Å². The number of carbonyl (C=O) groups is 1. The van der Waals surface area contributed by atoms with Gasteiger partial charge in [-0.05, 0) is 62.9 Å². The molecule has 1 aromatic carbocycles. The van der Waals surface area contributed by atoms with Gasteiger partial charge >= 0.3 is 0 Å². The number of hydrogen-bond acceptors (Lipinski definition) is 3. The Balaban J connectivity index is 1.68. The molecule has 0 spiro atoms. The second-order valence-electron chi connectivity index (χ2n) is 6.48. The van der Waals surface area contributed by atoms with E-state index in [2.05, 4.69) is 17.6 Å². The van der Waals surface area contributed by atoms with Gasteiger partial charge < -0.3 is 15.4 Å². The first-order chi connectivity index (χ1) is 11.0. The van der Waals surface area contributed by atoms with Crippen LogP contribution in [0.1, 0.15) is 33.1 Å². The fraction of sp³-hybridized carbons (Fsp3) is 0.611. The van der Waals surface area contributed by atoms with E-state index in [9.17, 15) is 4.79 Å². The van der Waals surface area contributed by atoms with Gasteiger partial charge in [0.25, 0.3) is 0 Å². The Bertz CT molecular complexity index is 504. The van der Waals surface area contributed by atoms with Gasteiger partial charge in [-0.2, -0.15) is 0 Å². The molecule has 0 aliphatic carbocycles. The Kier molecular flexibility index (Phi) is 7.18. The van der Waals surface area contributed by atoms with Crippen LogP contribution in [-0.4, -0.2) is 31.6 Å². The summed E-state index contributed by atoms with van der Waals surface area (Å²) in [4.78, 5) is 12.1. The monoisotopic (exact) mass is 338 g/mol. The molecule has 0 bridgehead atoms. The van der Waals surface area contributed by atoms with Crippen molar-refractivity contribution in [3.63, 3.8) is 0 Å². The van der Waals surface area contributed by atoms with E-state index in [1.165, 1.54) is 12.8 Å². The summed E-state index contributed by atoms with van der Waals surface area (Å²) in [6, 6.07) is 7.30. The Labute approximate surface area is 143 Å². The smallest absolute Gasteiger partial charge is 0.220 e. The highest BCUT2D eigenvalue weighted by Gasteiger charge is 2.22. The van der Waals surface area contributed by atoms with Crippen LogP contribution >= 0.6 is 11.6 Å². The van der Waals surface area contributed by atoms with Crippen molar-refractivity contribution in [1.82, 2.24) is 10.6 Å². The number of piperidine rings is 1. The average Bonchev–Trinajstić information content (AvgIpc) is 2.54. The first-order valence-corrected chi connectivity index (χ1v) is 8.82. The standard InChI is InChI=1S/C18H27ClN2O2/c1-13(15-5-4-8-20-12-15)9-18(22)21-11-14(2)23-17-7-3-6-16(19)10-17/h3,6-7,10,13-15,20H,4-5,8-9,11-12H2,1-2H3,(H,21,22). The van der Waals surface area contributed by atoms with Crippen molar-refractivity contribution in [2.24, 2.45) is 11.8 Å². The third-order valence-electron chi connectivity index (χ3n) is 4.37. The first kappa shape index (κ1) is 18.1. The Morgan fingerprint density at radius 3 is 3.00 bits per heavy atom. The topological polar surface area (TPSA) is 50.4 Å². The van der Waals surface area contributed by atoms with E-state index in [0.717, 1.165) is 18.8 Å². The molecule has 1 aliphatic heterocycles. The van der Waals surface area contributed by atoms with Crippen molar-refractivity contribution in [2.45, 2.75) is 39.2 Å². The zero-order valence-electron chi connectivity index (χ0n) is 14.0. The maximum Gasteiger partial charge on any atom is 0.220 e. The summed E-state index contributed by atoms with van der Waals surface area (Å²) in [7, 11) is 0. The number of benzene rings is 1. The van der Waals surface area contributed by atoms with Gasteiger partial charge in [-0.1, -0.05) is 24.6 Å². The molecular formula is C18H27ClN2O2. The molecule has 1 aliphatic rings. The minimum Gasteiger partial charge on any atom is -0.489 e. The summed E-state index contributed by atoms with van der Waals surface area (Å²) in [5, 5.41) is 7.03. The Hall–Kier alpha value is -1.26. The number of halogens is 1.